The van der Waals surface area contributed by atoms with Crippen molar-refractivity contribution in [2.45, 2.75) is 11.6 Å². The summed E-state index contributed by atoms with van der Waals surface area (Å²) in [5, 5.41) is 17.6. The van der Waals surface area contributed by atoms with Crippen LogP contribution in [0.4, 0.5) is 5.69 Å². The van der Waals surface area contributed by atoms with Crippen LogP contribution in [0, 0.1) is 11.3 Å². The molecule has 1 heterocycles. The van der Waals surface area contributed by atoms with Crippen LogP contribution in [0.25, 0.3) is 11.4 Å². The number of aromatic nitrogens is 3. The summed E-state index contributed by atoms with van der Waals surface area (Å²) in [7, 11) is 0. The molecule has 0 radical (unpaired) electrons. The highest BCUT2D eigenvalue weighted by Crippen LogP contribution is 2.28. The molecule has 0 saturated carbocycles. The van der Waals surface area contributed by atoms with E-state index in [1.165, 1.54) is 16.4 Å². The third-order valence-electron chi connectivity index (χ3n) is 3.92. The van der Waals surface area contributed by atoms with Crippen LogP contribution in [-0.4, -0.2) is 33.1 Å². The van der Waals surface area contributed by atoms with Crippen molar-refractivity contribution in [2.24, 2.45) is 0 Å². The van der Waals surface area contributed by atoms with Gasteiger partial charge in [-0.25, -0.2) is 4.68 Å². The Bertz CT molecular complexity index is 1000. The lowest BCUT2D eigenvalue weighted by Crippen LogP contribution is -2.33. The number of carbonyl (C=O) groups is 1. The van der Waals surface area contributed by atoms with Gasteiger partial charge in [-0.15, -0.1) is 10.2 Å². The maximum absolute atomic E-state index is 12.8. The Hall–Kier alpha value is -2.83. The molecule has 0 atom stereocenters. The smallest absolute Gasteiger partial charge is 0.237 e. The predicted molar refractivity (Wildman–Crippen MR) is 113 cm³/mol. The highest BCUT2D eigenvalue weighted by molar-refractivity contribution is 9.10. The Labute approximate surface area is 175 Å². The molecule has 0 fully saturated rings. The number of halogens is 1. The van der Waals surface area contributed by atoms with Crippen LogP contribution in [0.2, 0.25) is 0 Å². The molecule has 0 saturated heterocycles. The number of anilines is 1. The lowest BCUT2D eigenvalue weighted by Gasteiger charge is -2.21. The van der Waals surface area contributed by atoms with Crippen molar-refractivity contribution in [1.29, 1.82) is 5.26 Å². The zero-order valence-electron chi connectivity index (χ0n) is 14.8. The number of rotatable bonds is 7. The fourth-order valence-electron chi connectivity index (χ4n) is 2.57. The average Bonchev–Trinajstić information content (AvgIpc) is 3.08. The first-order valence-electron chi connectivity index (χ1n) is 8.42. The van der Waals surface area contributed by atoms with Crippen molar-refractivity contribution in [3.63, 3.8) is 0 Å². The minimum absolute atomic E-state index is 0.128. The van der Waals surface area contributed by atoms with Gasteiger partial charge >= 0.3 is 0 Å². The number of amides is 1. The summed E-state index contributed by atoms with van der Waals surface area (Å²) in [6.45, 7) is 0.331. The maximum atomic E-state index is 12.8. The highest BCUT2D eigenvalue weighted by Gasteiger charge is 2.19. The molecule has 3 rings (SSSR count). The standard InChI is InChI=1S/C19H17BrN6OS/c20-16-10-5-4-9-15(16)18-23-24-19(26(18)22)28-13-17(27)25(12-6-11-21)14-7-2-1-3-8-14/h1-5,7-10H,6,12-13,22H2. The first-order chi connectivity index (χ1) is 13.6. The quantitative estimate of drug-likeness (QED) is 0.431. The first kappa shape index (κ1) is 19.9. The minimum atomic E-state index is -0.128. The van der Waals surface area contributed by atoms with Gasteiger partial charge in [-0.2, -0.15) is 5.26 Å². The topological polar surface area (TPSA) is 101 Å². The number of hydrogen-bond acceptors (Lipinski definition) is 6. The zero-order chi connectivity index (χ0) is 19.9. The lowest BCUT2D eigenvalue weighted by molar-refractivity contribution is -0.116. The number of nitrogens with two attached hydrogens (primary N) is 1. The second kappa shape index (κ2) is 9.39. The molecule has 0 aliphatic rings. The van der Waals surface area contributed by atoms with E-state index in [9.17, 15) is 4.79 Å². The van der Waals surface area contributed by atoms with E-state index in [2.05, 4.69) is 32.2 Å². The van der Waals surface area contributed by atoms with Gasteiger partial charge in [-0.3, -0.25) is 4.79 Å². The summed E-state index contributed by atoms with van der Waals surface area (Å²) < 4.78 is 2.23. The molecule has 1 aromatic heterocycles. The summed E-state index contributed by atoms with van der Waals surface area (Å²) >= 11 is 4.68. The Kier molecular flexibility index (Phi) is 6.68. The van der Waals surface area contributed by atoms with Crippen molar-refractivity contribution in [3.8, 4) is 17.5 Å². The summed E-state index contributed by atoms with van der Waals surface area (Å²) in [5.41, 5.74) is 1.57. The predicted octanol–water partition coefficient (Wildman–Crippen LogP) is 3.46. The number of para-hydroxylation sites is 1. The number of nitriles is 1. The average molecular weight is 457 g/mol. The van der Waals surface area contributed by atoms with Gasteiger partial charge in [0.05, 0.1) is 18.2 Å². The van der Waals surface area contributed by atoms with Crippen LogP contribution in [0.5, 0.6) is 0 Å². The van der Waals surface area contributed by atoms with Gasteiger partial charge in [0.25, 0.3) is 0 Å². The monoisotopic (exact) mass is 456 g/mol. The third kappa shape index (κ3) is 4.52. The molecule has 0 unspecified atom stereocenters. The van der Waals surface area contributed by atoms with Crippen LogP contribution in [0.1, 0.15) is 6.42 Å². The molecular formula is C19H17BrN6OS. The van der Waals surface area contributed by atoms with E-state index in [0.29, 0.717) is 17.5 Å². The highest BCUT2D eigenvalue weighted by atomic mass is 79.9. The summed E-state index contributed by atoms with van der Waals surface area (Å²) in [6.07, 6.45) is 0.255. The summed E-state index contributed by atoms with van der Waals surface area (Å²) in [6, 6.07) is 18.9. The van der Waals surface area contributed by atoms with Crippen molar-refractivity contribution in [1.82, 2.24) is 14.9 Å². The molecule has 0 aliphatic carbocycles. The molecule has 3 aromatic rings. The number of carbonyl (C=O) groups excluding carboxylic acids is 1. The molecule has 0 aliphatic heterocycles. The number of benzene rings is 2. The fourth-order valence-corrected chi connectivity index (χ4v) is 3.77. The number of thioether (sulfide) groups is 1. The van der Waals surface area contributed by atoms with Gasteiger partial charge in [-0.05, 0) is 24.3 Å². The first-order valence-corrected chi connectivity index (χ1v) is 10.2. The fraction of sp³-hybridized carbons (Fsp3) is 0.158. The van der Waals surface area contributed by atoms with Gasteiger partial charge in [0.2, 0.25) is 11.1 Å². The van der Waals surface area contributed by atoms with Gasteiger partial charge in [0.15, 0.2) is 5.82 Å². The van der Waals surface area contributed by atoms with E-state index in [0.717, 1.165) is 15.7 Å². The van der Waals surface area contributed by atoms with Gasteiger partial charge < -0.3 is 10.7 Å². The van der Waals surface area contributed by atoms with E-state index in [1.807, 2.05) is 54.6 Å². The molecule has 28 heavy (non-hydrogen) atoms. The summed E-state index contributed by atoms with van der Waals surface area (Å²) in [4.78, 5) is 14.4. The minimum Gasteiger partial charge on any atom is -0.335 e. The van der Waals surface area contributed by atoms with Crippen molar-refractivity contribution in [3.05, 3.63) is 59.1 Å². The van der Waals surface area contributed by atoms with E-state index in [-0.39, 0.29) is 18.1 Å². The van der Waals surface area contributed by atoms with Crippen LogP contribution in [0.3, 0.4) is 0 Å². The molecule has 9 heteroatoms. The lowest BCUT2D eigenvalue weighted by atomic mass is 10.2. The Morgan fingerprint density at radius 2 is 1.89 bits per heavy atom. The second-order valence-corrected chi connectivity index (χ2v) is 7.53. The van der Waals surface area contributed by atoms with Crippen molar-refractivity contribution in [2.75, 3.05) is 23.0 Å². The van der Waals surface area contributed by atoms with E-state index >= 15 is 0 Å². The van der Waals surface area contributed by atoms with E-state index in [4.69, 9.17) is 11.1 Å². The van der Waals surface area contributed by atoms with Gasteiger partial charge in [-0.1, -0.05) is 58.0 Å². The van der Waals surface area contributed by atoms with E-state index < -0.39 is 0 Å². The number of nitrogens with zero attached hydrogens (tertiary/aromatic N) is 5. The molecule has 2 aromatic carbocycles. The van der Waals surface area contributed by atoms with Crippen LogP contribution in [0.15, 0.2) is 64.2 Å². The van der Waals surface area contributed by atoms with Crippen LogP contribution >= 0.6 is 27.7 Å². The van der Waals surface area contributed by atoms with Crippen molar-refractivity contribution >= 4 is 39.3 Å². The largest absolute Gasteiger partial charge is 0.335 e. The normalized spacial score (nSPS) is 10.4. The molecule has 142 valence electrons. The second-order valence-electron chi connectivity index (χ2n) is 5.73. The Morgan fingerprint density at radius 3 is 2.61 bits per heavy atom. The SMILES string of the molecule is N#CCCN(C(=O)CSc1nnc(-c2ccccc2Br)n1N)c1ccccc1. The third-order valence-corrected chi connectivity index (χ3v) is 5.54. The van der Waals surface area contributed by atoms with E-state index in [1.54, 1.807) is 4.90 Å². The number of hydrogen-bond donors (Lipinski definition) is 1. The molecule has 7 nitrogen and oxygen atoms in total. The number of nitrogen functional groups attached to an aromatic ring is 1. The molecule has 2 N–H and O–H groups in total. The summed E-state index contributed by atoms with van der Waals surface area (Å²) in [5.74, 6) is 6.65. The van der Waals surface area contributed by atoms with Crippen LogP contribution in [-0.2, 0) is 4.79 Å². The molecule has 0 spiro atoms. The van der Waals surface area contributed by atoms with Crippen LogP contribution < -0.4 is 10.7 Å². The van der Waals surface area contributed by atoms with Gasteiger partial charge in [0.1, 0.15) is 0 Å². The zero-order valence-corrected chi connectivity index (χ0v) is 17.2. The molecular weight excluding hydrogens is 440 g/mol. The molecule has 1 amide bonds. The Morgan fingerprint density at radius 1 is 1.18 bits per heavy atom. The Balaban J connectivity index is 1.73. The van der Waals surface area contributed by atoms with Crippen molar-refractivity contribution < 1.29 is 4.79 Å². The maximum Gasteiger partial charge on any atom is 0.237 e. The molecule has 0 bridgehead atoms. The van der Waals surface area contributed by atoms with Gasteiger partial charge in [0, 0.05) is 22.3 Å².